The van der Waals surface area contributed by atoms with Crippen LogP contribution in [0.15, 0.2) is 173 Å². The molecular weight excluding hydrogens is 631 g/mol. The van der Waals surface area contributed by atoms with Crippen LogP contribution in [0.4, 0.5) is 0 Å². The first-order chi connectivity index (χ1) is 25.8. The molecule has 254 valence electrons. The van der Waals surface area contributed by atoms with Crippen LogP contribution in [0.25, 0.3) is 45.0 Å². The van der Waals surface area contributed by atoms with Gasteiger partial charge in [0.25, 0.3) is 0 Å². The molecule has 5 aliphatic carbocycles. The Morgan fingerprint density at radius 3 is 2.29 bits per heavy atom. The van der Waals surface area contributed by atoms with Gasteiger partial charge in [-0.3, -0.25) is 0 Å². The molecule has 1 heterocycles. The molecule has 0 amide bonds. The first kappa shape index (κ1) is 31.2. The summed E-state index contributed by atoms with van der Waals surface area (Å²) in [5.74, 6) is 0.795. The van der Waals surface area contributed by atoms with Crippen LogP contribution < -0.4 is 10.6 Å². The van der Waals surface area contributed by atoms with Crippen LogP contribution in [0.1, 0.15) is 55.6 Å². The summed E-state index contributed by atoms with van der Waals surface area (Å²) >= 11 is 0. The molecule has 4 aromatic carbocycles. The second-order valence-electron chi connectivity index (χ2n) is 14.8. The maximum Gasteiger partial charge on any atom is 0.154 e. The zero-order chi connectivity index (χ0) is 34.4. The van der Waals surface area contributed by atoms with Crippen molar-refractivity contribution >= 4 is 22.7 Å². The second kappa shape index (κ2) is 13.2. The minimum Gasteiger partial charge on any atom is -0.454 e. The highest BCUT2D eigenvalue weighted by molar-refractivity contribution is 5.95. The summed E-state index contributed by atoms with van der Waals surface area (Å²) in [7, 11) is 0. The maximum absolute atomic E-state index is 6.91. The van der Waals surface area contributed by atoms with Crippen molar-refractivity contribution < 1.29 is 4.42 Å². The Hall–Kier alpha value is -5.60. The number of fused-ring (bicyclic) bond motifs is 6. The van der Waals surface area contributed by atoms with Crippen molar-refractivity contribution in [3.63, 3.8) is 0 Å². The predicted octanol–water partition coefficient (Wildman–Crippen LogP) is 11.1. The van der Waals surface area contributed by atoms with Crippen LogP contribution in [-0.2, 0) is 6.42 Å². The summed E-state index contributed by atoms with van der Waals surface area (Å²) < 4.78 is 6.91. The normalized spacial score (nSPS) is 21.7. The van der Waals surface area contributed by atoms with Crippen molar-refractivity contribution in [2.75, 3.05) is 0 Å². The lowest BCUT2D eigenvalue weighted by atomic mass is 9.74. The van der Waals surface area contributed by atoms with E-state index in [-0.39, 0.29) is 6.04 Å². The fourth-order valence-electron chi connectivity index (χ4n) is 9.34. The molecule has 0 saturated heterocycles. The fraction of sp³-hybridized carbons (Fsp3) is 0.200. The van der Waals surface area contributed by atoms with E-state index in [0.29, 0.717) is 11.8 Å². The number of allylic oxidation sites excluding steroid dienone is 9. The molecule has 2 heteroatoms. The van der Waals surface area contributed by atoms with Gasteiger partial charge in [-0.05, 0) is 102 Å². The van der Waals surface area contributed by atoms with Crippen LogP contribution >= 0.6 is 0 Å². The van der Waals surface area contributed by atoms with E-state index in [1.54, 1.807) is 0 Å². The van der Waals surface area contributed by atoms with Crippen molar-refractivity contribution in [1.29, 1.82) is 0 Å². The summed E-state index contributed by atoms with van der Waals surface area (Å²) in [4.78, 5) is 2.63. The average molecular weight is 674 g/mol. The van der Waals surface area contributed by atoms with E-state index in [4.69, 9.17) is 4.42 Å². The van der Waals surface area contributed by atoms with Crippen LogP contribution in [0, 0.1) is 5.92 Å². The molecule has 2 nitrogen and oxygen atoms in total. The molecule has 5 aromatic rings. The number of benzene rings is 4. The van der Waals surface area contributed by atoms with Crippen molar-refractivity contribution in [2.45, 2.75) is 56.9 Å². The van der Waals surface area contributed by atoms with Gasteiger partial charge in [0, 0.05) is 28.1 Å². The quantitative estimate of drug-likeness (QED) is 0.178. The monoisotopic (exact) mass is 673 g/mol. The molecule has 52 heavy (non-hydrogen) atoms. The molecule has 0 fully saturated rings. The van der Waals surface area contributed by atoms with E-state index in [9.17, 15) is 0 Å². The van der Waals surface area contributed by atoms with Crippen molar-refractivity contribution in [3.8, 4) is 22.3 Å². The van der Waals surface area contributed by atoms with Crippen molar-refractivity contribution in [3.05, 3.63) is 190 Å². The number of nitrogens with zero attached hydrogens (tertiary/aromatic N) is 1. The molecule has 0 spiro atoms. The largest absolute Gasteiger partial charge is 0.454 e. The van der Waals surface area contributed by atoms with Crippen LogP contribution in [0.5, 0.6) is 0 Å². The predicted molar refractivity (Wildman–Crippen MR) is 216 cm³/mol. The highest BCUT2D eigenvalue weighted by Crippen LogP contribution is 2.44. The molecule has 0 saturated carbocycles. The highest BCUT2D eigenvalue weighted by atomic mass is 16.3. The first-order valence-corrected chi connectivity index (χ1v) is 19.2. The van der Waals surface area contributed by atoms with Crippen LogP contribution in [0.2, 0.25) is 0 Å². The summed E-state index contributed by atoms with van der Waals surface area (Å²) in [6.45, 7) is 0. The van der Waals surface area contributed by atoms with Gasteiger partial charge in [0.2, 0.25) is 0 Å². The number of rotatable bonds is 6. The van der Waals surface area contributed by atoms with Gasteiger partial charge in [-0.2, -0.15) is 0 Å². The van der Waals surface area contributed by atoms with E-state index in [0.717, 1.165) is 55.9 Å². The Labute approximate surface area is 306 Å². The van der Waals surface area contributed by atoms with Crippen LogP contribution in [-0.4, -0.2) is 10.9 Å². The van der Waals surface area contributed by atoms with Gasteiger partial charge in [-0.15, -0.1) is 0 Å². The zero-order valence-corrected chi connectivity index (χ0v) is 29.5. The Morgan fingerprint density at radius 2 is 1.46 bits per heavy atom. The van der Waals surface area contributed by atoms with E-state index in [1.807, 2.05) is 0 Å². The maximum atomic E-state index is 6.91. The Kier molecular flexibility index (Phi) is 7.90. The van der Waals surface area contributed by atoms with Gasteiger partial charge in [0.1, 0.15) is 5.58 Å². The Morgan fingerprint density at radius 1 is 0.615 bits per heavy atom. The van der Waals surface area contributed by atoms with Gasteiger partial charge in [-0.1, -0.05) is 146 Å². The summed E-state index contributed by atoms with van der Waals surface area (Å²) in [5.41, 5.74) is 15.6. The van der Waals surface area contributed by atoms with Crippen molar-refractivity contribution in [1.82, 2.24) is 4.90 Å². The molecule has 0 aliphatic heterocycles. The lowest BCUT2D eigenvalue weighted by Gasteiger charge is -2.38. The summed E-state index contributed by atoms with van der Waals surface area (Å²) in [6.07, 6.45) is 31.5. The minimum absolute atomic E-state index is 0.193. The van der Waals surface area contributed by atoms with Gasteiger partial charge in [0.05, 0.1) is 11.7 Å². The molecule has 3 unspecified atom stereocenters. The minimum atomic E-state index is 0.193. The average Bonchev–Trinajstić information content (AvgIpc) is 3.62. The molecule has 10 rings (SSSR count). The van der Waals surface area contributed by atoms with Gasteiger partial charge >= 0.3 is 0 Å². The lowest BCUT2D eigenvalue weighted by Crippen LogP contribution is -2.40. The molecule has 1 aromatic heterocycles. The summed E-state index contributed by atoms with van der Waals surface area (Å²) in [6, 6.07) is 35.5. The van der Waals surface area contributed by atoms with E-state index < -0.39 is 0 Å². The smallest absolute Gasteiger partial charge is 0.154 e. The Bertz CT molecular complexity index is 2520. The summed E-state index contributed by atoms with van der Waals surface area (Å²) in [5, 5.41) is 2.47. The Balaban J connectivity index is 1.06. The lowest BCUT2D eigenvalue weighted by molar-refractivity contribution is 0.391. The van der Waals surface area contributed by atoms with Gasteiger partial charge in [0.15, 0.2) is 5.42 Å². The third-order valence-corrected chi connectivity index (χ3v) is 11.8. The van der Waals surface area contributed by atoms with Gasteiger partial charge < -0.3 is 9.32 Å². The zero-order valence-electron chi connectivity index (χ0n) is 29.5. The number of hydrogen-bond donors (Lipinski definition) is 0. The molecule has 5 aliphatic rings. The van der Waals surface area contributed by atoms with E-state index >= 15 is 0 Å². The first-order valence-electron chi connectivity index (χ1n) is 19.2. The third-order valence-electron chi connectivity index (χ3n) is 11.8. The fourth-order valence-corrected chi connectivity index (χ4v) is 9.34. The molecule has 3 atom stereocenters. The van der Waals surface area contributed by atoms with Crippen LogP contribution in [0.3, 0.4) is 0 Å². The van der Waals surface area contributed by atoms with E-state index in [2.05, 4.69) is 163 Å². The van der Waals surface area contributed by atoms with E-state index in [1.165, 1.54) is 66.5 Å². The second-order valence-corrected chi connectivity index (χ2v) is 14.8. The van der Waals surface area contributed by atoms with Crippen molar-refractivity contribution in [2.24, 2.45) is 5.92 Å². The SMILES string of the molecule is C1=CC(C2C=CC(N(C3=c4oc5cccc(-c6ccccc6)c5c4=CCC3)C3C=CC(C4Cc5ccccc5-c5ccccc54)=CC3)=CC2)=CCC1. The number of furan rings is 1. The topological polar surface area (TPSA) is 16.4 Å². The number of hydrogen-bond acceptors (Lipinski definition) is 2. The standard InChI is InChI=1S/C50H43NO/c1-3-13-34(14-4-1)35-25-29-39(30-26-35)51(47-23-11-22-45-49-42(36-15-5-2-6-16-36)21-12-24-48(49)52-50(45)47)40-31-27-37(28-32-40)46-33-38-17-7-8-18-41(38)43-19-9-10-20-44(43)46/h2-3,5-10,12-22,24-25,27-31,35,40,46H,1,4,11,23,26,32-33H2. The third kappa shape index (κ3) is 5.40. The molecule has 0 radical (unpaired) electrons. The molecule has 0 N–H and O–H groups in total. The van der Waals surface area contributed by atoms with Gasteiger partial charge in [-0.25, -0.2) is 0 Å². The highest BCUT2D eigenvalue weighted by Gasteiger charge is 2.31. The molecular formula is C50H43NO. The molecule has 0 bridgehead atoms.